The standard InChI is InChI=1S/C14H15BrN2O/c15-10-3-4-11-12(8-17-13(11)6-10)14(18)9-2-1-5-16-7-9/h3-4,6,8-9,16-17H,1-2,5,7H2. The summed E-state index contributed by atoms with van der Waals surface area (Å²) in [6, 6.07) is 5.98. The number of aromatic nitrogens is 1. The normalized spacial score (nSPS) is 20.2. The molecule has 0 aliphatic carbocycles. The van der Waals surface area contributed by atoms with Gasteiger partial charge >= 0.3 is 0 Å². The quantitative estimate of drug-likeness (QED) is 0.837. The van der Waals surface area contributed by atoms with Gasteiger partial charge in [0.15, 0.2) is 5.78 Å². The van der Waals surface area contributed by atoms with Gasteiger partial charge in [-0.1, -0.05) is 22.0 Å². The summed E-state index contributed by atoms with van der Waals surface area (Å²) in [4.78, 5) is 15.7. The highest BCUT2D eigenvalue weighted by Gasteiger charge is 2.24. The average Bonchev–Trinajstić information content (AvgIpc) is 2.81. The summed E-state index contributed by atoms with van der Waals surface area (Å²) in [7, 11) is 0. The summed E-state index contributed by atoms with van der Waals surface area (Å²) in [5.41, 5.74) is 1.84. The van der Waals surface area contributed by atoms with E-state index in [1.54, 1.807) is 0 Å². The smallest absolute Gasteiger partial charge is 0.169 e. The number of H-pyrrole nitrogens is 1. The fourth-order valence-electron chi connectivity index (χ4n) is 2.60. The van der Waals surface area contributed by atoms with Gasteiger partial charge in [0.2, 0.25) is 0 Å². The van der Waals surface area contributed by atoms with E-state index in [1.807, 2.05) is 24.4 Å². The van der Waals surface area contributed by atoms with E-state index >= 15 is 0 Å². The molecular formula is C14H15BrN2O. The van der Waals surface area contributed by atoms with Gasteiger partial charge in [0.05, 0.1) is 0 Å². The molecule has 18 heavy (non-hydrogen) atoms. The second-order valence-electron chi connectivity index (χ2n) is 4.80. The number of ketones is 1. The van der Waals surface area contributed by atoms with E-state index in [9.17, 15) is 4.79 Å². The molecule has 1 aromatic heterocycles. The van der Waals surface area contributed by atoms with E-state index in [0.717, 1.165) is 46.9 Å². The molecule has 1 atom stereocenters. The van der Waals surface area contributed by atoms with Crippen molar-refractivity contribution in [2.24, 2.45) is 5.92 Å². The van der Waals surface area contributed by atoms with Crippen molar-refractivity contribution in [3.63, 3.8) is 0 Å². The molecule has 2 N–H and O–H groups in total. The van der Waals surface area contributed by atoms with Gasteiger partial charge in [-0.2, -0.15) is 0 Å². The monoisotopic (exact) mass is 306 g/mol. The van der Waals surface area contributed by atoms with Gasteiger partial charge < -0.3 is 10.3 Å². The topological polar surface area (TPSA) is 44.9 Å². The van der Waals surface area contributed by atoms with Crippen LogP contribution in [0.1, 0.15) is 23.2 Å². The average molecular weight is 307 g/mol. The van der Waals surface area contributed by atoms with Crippen molar-refractivity contribution in [1.82, 2.24) is 10.3 Å². The number of hydrogen-bond acceptors (Lipinski definition) is 2. The lowest BCUT2D eigenvalue weighted by Gasteiger charge is -2.21. The van der Waals surface area contributed by atoms with Crippen molar-refractivity contribution < 1.29 is 4.79 Å². The maximum atomic E-state index is 12.5. The van der Waals surface area contributed by atoms with Gasteiger partial charge in [-0.05, 0) is 31.5 Å². The Labute approximate surface area is 114 Å². The van der Waals surface area contributed by atoms with Crippen LogP contribution >= 0.6 is 15.9 Å². The van der Waals surface area contributed by atoms with Crippen molar-refractivity contribution >= 4 is 32.6 Å². The fraction of sp³-hybridized carbons (Fsp3) is 0.357. The fourth-order valence-corrected chi connectivity index (χ4v) is 2.96. The molecule has 4 heteroatoms. The van der Waals surface area contributed by atoms with E-state index < -0.39 is 0 Å². The highest BCUT2D eigenvalue weighted by Crippen LogP contribution is 2.25. The Balaban J connectivity index is 1.96. The lowest BCUT2D eigenvalue weighted by Crippen LogP contribution is -2.34. The number of carbonyl (C=O) groups is 1. The summed E-state index contributed by atoms with van der Waals surface area (Å²) >= 11 is 3.44. The molecule has 0 radical (unpaired) electrons. The molecule has 2 heterocycles. The van der Waals surface area contributed by atoms with E-state index in [4.69, 9.17) is 0 Å². The molecule has 3 nitrogen and oxygen atoms in total. The lowest BCUT2D eigenvalue weighted by atomic mass is 9.91. The third kappa shape index (κ3) is 2.10. The molecule has 0 amide bonds. The number of aromatic amines is 1. The molecule has 0 bridgehead atoms. The molecule has 0 spiro atoms. The molecule has 1 fully saturated rings. The van der Waals surface area contributed by atoms with Crippen LogP contribution in [0.5, 0.6) is 0 Å². The van der Waals surface area contributed by atoms with E-state index in [0.29, 0.717) is 0 Å². The van der Waals surface area contributed by atoms with Gasteiger partial charge in [-0.25, -0.2) is 0 Å². The first-order valence-corrected chi connectivity index (χ1v) is 7.06. The number of hydrogen-bond donors (Lipinski definition) is 2. The number of piperidine rings is 1. The van der Waals surface area contributed by atoms with Crippen molar-refractivity contribution in [1.29, 1.82) is 0 Å². The molecule has 1 aliphatic rings. The van der Waals surface area contributed by atoms with Gasteiger partial charge in [-0.3, -0.25) is 4.79 Å². The van der Waals surface area contributed by atoms with Crippen molar-refractivity contribution in [2.75, 3.05) is 13.1 Å². The van der Waals surface area contributed by atoms with E-state index in [1.165, 1.54) is 0 Å². The molecule has 2 aromatic rings. The zero-order valence-corrected chi connectivity index (χ0v) is 11.6. The zero-order chi connectivity index (χ0) is 12.5. The number of benzene rings is 1. The molecule has 1 saturated heterocycles. The Bertz CT molecular complexity index is 584. The highest BCUT2D eigenvalue weighted by molar-refractivity contribution is 9.10. The third-order valence-electron chi connectivity index (χ3n) is 3.58. The van der Waals surface area contributed by atoms with Crippen LogP contribution in [0, 0.1) is 5.92 Å². The van der Waals surface area contributed by atoms with Crippen molar-refractivity contribution in [3.8, 4) is 0 Å². The van der Waals surface area contributed by atoms with Crippen molar-refractivity contribution in [3.05, 3.63) is 34.4 Å². The van der Waals surface area contributed by atoms with Crippen LogP contribution in [0.3, 0.4) is 0 Å². The van der Waals surface area contributed by atoms with Crippen LogP contribution in [0.25, 0.3) is 10.9 Å². The summed E-state index contributed by atoms with van der Waals surface area (Å²) in [5.74, 6) is 0.386. The number of carbonyl (C=O) groups excluding carboxylic acids is 1. The Morgan fingerprint density at radius 2 is 2.28 bits per heavy atom. The summed E-state index contributed by atoms with van der Waals surface area (Å²) in [5, 5.41) is 4.32. The molecular weight excluding hydrogens is 292 g/mol. The SMILES string of the molecule is O=C(c1c[nH]c2cc(Br)ccc12)C1CCCNC1. The van der Waals surface area contributed by atoms with Gasteiger partial charge in [0.25, 0.3) is 0 Å². The van der Waals surface area contributed by atoms with Crippen LogP contribution in [-0.2, 0) is 0 Å². The number of rotatable bonds is 2. The molecule has 0 saturated carbocycles. The second-order valence-corrected chi connectivity index (χ2v) is 5.72. The van der Waals surface area contributed by atoms with Crippen LogP contribution in [-0.4, -0.2) is 23.9 Å². The zero-order valence-electron chi connectivity index (χ0n) is 10.0. The highest BCUT2D eigenvalue weighted by atomic mass is 79.9. The Hall–Kier alpha value is -1.13. The number of fused-ring (bicyclic) bond motifs is 1. The van der Waals surface area contributed by atoms with Gasteiger partial charge in [-0.15, -0.1) is 0 Å². The summed E-state index contributed by atoms with van der Waals surface area (Å²) in [6.07, 6.45) is 3.92. The first-order valence-electron chi connectivity index (χ1n) is 6.27. The number of nitrogens with one attached hydrogen (secondary N) is 2. The Kier molecular flexibility index (Phi) is 3.22. The van der Waals surface area contributed by atoms with E-state index in [2.05, 4.69) is 26.2 Å². The molecule has 1 aromatic carbocycles. The van der Waals surface area contributed by atoms with E-state index in [-0.39, 0.29) is 11.7 Å². The first-order chi connectivity index (χ1) is 8.75. The molecule has 1 aliphatic heterocycles. The van der Waals surface area contributed by atoms with Crippen LogP contribution in [0.15, 0.2) is 28.9 Å². The minimum atomic E-state index is 0.126. The Morgan fingerprint density at radius 1 is 1.39 bits per heavy atom. The maximum absolute atomic E-state index is 12.5. The minimum Gasteiger partial charge on any atom is -0.360 e. The van der Waals surface area contributed by atoms with Gasteiger partial charge in [0.1, 0.15) is 0 Å². The molecule has 3 rings (SSSR count). The number of halogens is 1. The maximum Gasteiger partial charge on any atom is 0.169 e. The summed E-state index contributed by atoms with van der Waals surface area (Å²) < 4.78 is 1.02. The predicted molar refractivity (Wildman–Crippen MR) is 75.9 cm³/mol. The third-order valence-corrected chi connectivity index (χ3v) is 4.07. The Morgan fingerprint density at radius 3 is 3.06 bits per heavy atom. The van der Waals surface area contributed by atoms with Crippen LogP contribution < -0.4 is 5.32 Å². The predicted octanol–water partition coefficient (Wildman–Crippen LogP) is 3.11. The van der Waals surface area contributed by atoms with Crippen molar-refractivity contribution in [2.45, 2.75) is 12.8 Å². The number of Topliss-reactive ketones (excluding diaryl/α,β-unsaturated/α-hetero) is 1. The lowest BCUT2D eigenvalue weighted by molar-refractivity contribution is 0.0901. The van der Waals surface area contributed by atoms with Crippen LogP contribution in [0.4, 0.5) is 0 Å². The second kappa shape index (κ2) is 4.86. The largest absolute Gasteiger partial charge is 0.360 e. The summed E-state index contributed by atoms with van der Waals surface area (Å²) in [6.45, 7) is 1.84. The molecule has 1 unspecified atom stereocenters. The van der Waals surface area contributed by atoms with Crippen LogP contribution in [0.2, 0.25) is 0 Å². The van der Waals surface area contributed by atoms with Gasteiger partial charge in [0, 0.05) is 39.6 Å². The first kappa shape index (κ1) is 11.9. The molecule has 94 valence electrons. The minimum absolute atomic E-state index is 0.126.